The predicted molar refractivity (Wildman–Crippen MR) is 224 cm³/mol. The molecule has 62 heavy (non-hydrogen) atoms. The van der Waals surface area contributed by atoms with Gasteiger partial charge in [0.15, 0.2) is 17.3 Å². The minimum atomic E-state index is -1.43. The van der Waals surface area contributed by atoms with Gasteiger partial charge in [-0.2, -0.15) is 5.06 Å². The molecule has 1 heterocycles. The number of nitrogens with one attached hydrogen (secondary N) is 3. The van der Waals surface area contributed by atoms with Gasteiger partial charge in [0.05, 0.1) is 63.6 Å². The summed E-state index contributed by atoms with van der Waals surface area (Å²) in [6.07, 6.45) is 4.24. The summed E-state index contributed by atoms with van der Waals surface area (Å²) in [5.74, 6) is -4.38. The molecule has 2 radical (unpaired) electrons. The zero-order valence-electron chi connectivity index (χ0n) is 35.9. The average molecular weight is 863 g/mol. The summed E-state index contributed by atoms with van der Waals surface area (Å²) in [5, 5.41) is 8.58. The van der Waals surface area contributed by atoms with Crippen LogP contribution in [0.1, 0.15) is 110 Å². The molecular formula is C43H55BN4O14. The first kappa shape index (κ1) is 49.8. The minimum absolute atomic E-state index is 0.0238. The number of hydrogen-bond acceptors (Lipinski definition) is 14. The van der Waals surface area contributed by atoms with Crippen LogP contribution in [-0.2, 0) is 33.4 Å². The first-order chi connectivity index (χ1) is 29.9. The van der Waals surface area contributed by atoms with E-state index in [9.17, 15) is 33.6 Å². The Morgan fingerprint density at radius 2 is 1.58 bits per heavy atom. The normalized spacial score (nSPS) is 12.1. The van der Waals surface area contributed by atoms with Crippen LogP contribution in [-0.4, -0.2) is 101 Å². The van der Waals surface area contributed by atoms with E-state index in [0.717, 1.165) is 24.3 Å². The first-order valence-electron chi connectivity index (χ1n) is 20.4. The molecule has 0 bridgehead atoms. The SMILES string of the molecule is [B]OC(=O)[C@H](CC(=O)OCCCC)NC(=O)c1ccc(-c2ccc(C(=O)NCNC(=O)[C@H](CCCCC)[C@@H](CC)N(C=O)OC(=O)c3ccc(OC)c(OC)c3)o2)cc1OCC. The summed E-state index contributed by atoms with van der Waals surface area (Å²) >= 11 is 0. The van der Waals surface area contributed by atoms with Gasteiger partial charge in [0, 0.05) is 5.56 Å². The second kappa shape index (κ2) is 26.0. The highest BCUT2D eigenvalue weighted by atomic mass is 16.7. The molecule has 0 saturated carbocycles. The highest BCUT2D eigenvalue weighted by Gasteiger charge is 2.34. The molecule has 3 N–H and O–H groups in total. The van der Waals surface area contributed by atoms with Crippen LogP contribution >= 0.6 is 0 Å². The molecule has 4 amide bonds. The quantitative estimate of drug-likeness (QED) is 0.0233. The van der Waals surface area contributed by atoms with E-state index < -0.39 is 60.1 Å². The van der Waals surface area contributed by atoms with E-state index in [1.807, 2.05) is 13.8 Å². The van der Waals surface area contributed by atoms with Crippen molar-refractivity contribution in [3.63, 3.8) is 0 Å². The predicted octanol–water partition coefficient (Wildman–Crippen LogP) is 4.83. The van der Waals surface area contributed by atoms with Crippen molar-refractivity contribution < 1.29 is 66.4 Å². The molecule has 3 aromatic rings. The largest absolute Gasteiger partial charge is 0.542 e. The molecular weight excluding hydrogens is 807 g/mol. The molecule has 0 aliphatic carbocycles. The molecule has 0 fully saturated rings. The number of carbonyl (C=O) groups excluding carboxylic acids is 7. The molecule has 0 spiro atoms. The van der Waals surface area contributed by atoms with Crippen LogP contribution in [0.4, 0.5) is 0 Å². The fraction of sp³-hybridized carbons (Fsp3) is 0.465. The molecule has 2 aromatic carbocycles. The molecule has 3 rings (SSSR count). The lowest BCUT2D eigenvalue weighted by Gasteiger charge is -2.31. The van der Waals surface area contributed by atoms with E-state index in [0.29, 0.717) is 37.0 Å². The number of nitrogens with zero attached hydrogens (tertiary/aromatic N) is 1. The van der Waals surface area contributed by atoms with Crippen LogP contribution in [0.2, 0.25) is 0 Å². The van der Waals surface area contributed by atoms with Crippen molar-refractivity contribution in [3.05, 3.63) is 65.4 Å². The summed E-state index contributed by atoms with van der Waals surface area (Å²) in [6, 6.07) is 9.54. The van der Waals surface area contributed by atoms with Crippen molar-refractivity contribution >= 4 is 50.1 Å². The molecule has 334 valence electrons. The highest BCUT2D eigenvalue weighted by molar-refractivity contribution is 6.08. The fourth-order valence-corrected chi connectivity index (χ4v) is 6.28. The Morgan fingerprint density at radius 3 is 2.23 bits per heavy atom. The summed E-state index contributed by atoms with van der Waals surface area (Å²) < 4.78 is 31.4. The number of rotatable bonds is 27. The van der Waals surface area contributed by atoms with Crippen LogP contribution in [0.5, 0.6) is 17.2 Å². The van der Waals surface area contributed by atoms with Crippen molar-refractivity contribution in [3.8, 4) is 28.6 Å². The van der Waals surface area contributed by atoms with Gasteiger partial charge in [-0.05, 0) is 68.7 Å². The number of amides is 4. The fourth-order valence-electron chi connectivity index (χ4n) is 6.28. The Balaban J connectivity index is 1.70. The molecule has 0 saturated heterocycles. The van der Waals surface area contributed by atoms with Gasteiger partial charge >= 0.3 is 26.0 Å². The van der Waals surface area contributed by atoms with Crippen molar-refractivity contribution in [2.75, 3.05) is 34.1 Å². The minimum Gasteiger partial charge on any atom is -0.542 e. The first-order valence-corrected chi connectivity index (χ1v) is 20.4. The highest BCUT2D eigenvalue weighted by Crippen LogP contribution is 2.31. The van der Waals surface area contributed by atoms with Crippen LogP contribution in [0, 0.1) is 5.92 Å². The molecule has 1 aromatic heterocycles. The Kier molecular flexibility index (Phi) is 20.9. The maximum Gasteiger partial charge on any atom is 0.378 e. The van der Waals surface area contributed by atoms with E-state index in [1.54, 1.807) is 13.8 Å². The van der Waals surface area contributed by atoms with E-state index in [2.05, 4.69) is 20.6 Å². The summed E-state index contributed by atoms with van der Waals surface area (Å²) in [7, 11) is 7.92. The zero-order chi connectivity index (χ0) is 45.6. The number of benzene rings is 2. The second-order valence-corrected chi connectivity index (χ2v) is 13.8. The maximum absolute atomic E-state index is 13.7. The van der Waals surface area contributed by atoms with Gasteiger partial charge in [-0.1, -0.05) is 52.5 Å². The molecule has 0 aliphatic heterocycles. The number of methoxy groups -OCH3 is 2. The van der Waals surface area contributed by atoms with Crippen molar-refractivity contribution in [2.24, 2.45) is 5.92 Å². The Labute approximate surface area is 362 Å². The van der Waals surface area contributed by atoms with E-state index >= 15 is 0 Å². The molecule has 0 unspecified atom stereocenters. The third kappa shape index (κ3) is 14.3. The van der Waals surface area contributed by atoms with E-state index in [-0.39, 0.29) is 60.4 Å². The number of furan rings is 1. The number of ether oxygens (including phenoxy) is 4. The van der Waals surface area contributed by atoms with E-state index in [1.165, 1.54) is 62.8 Å². The lowest BCUT2D eigenvalue weighted by Crippen LogP contribution is -2.49. The molecule has 0 aliphatic rings. The monoisotopic (exact) mass is 862 g/mol. The van der Waals surface area contributed by atoms with Gasteiger partial charge in [-0.3, -0.25) is 28.8 Å². The van der Waals surface area contributed by atoms with Gasteiger partial charge in [-0.25, -0.2) is 4.79 Å². The standard InChI is InChI=1S/C43H55BN4O14/c1-7-11-13-14-29(32(9-3)48(26-49)62-42(54)28-16-18-34(56-5)37(23-28)57-6)39(51)45-25-46-41(53)35-20-19-33(60-35)27-15-17-30(36(22-27)58-10-4)40(52)47-31(43(55)61-44)24-38(50)59-21-12-8-2/h15-20,22-23,26,29,31-32H,7-14,21,24-25H2,1-6H3,(H,45,51)(H,46,53)(H,47,52)/t29-,31+,32-/m1/s1. The number of hydrogen-bond donors (Lipinski definition) is 3. The van der Waals surface area contributed by atoms with Gasteiger partial charge in [0.1, 0.15) is 17.6 Å². The van der Waals surface area contributed by atoms with Gasteiger partial charge < -0.3 is 48.8 Å². The van der Waals surface area contributed by atoms with Crippen molar-refractivity contribution in [2.45, 2.75) is 91.1 Å². The maximum atomic E-state index is 13.7. The van der Waals surface area contributed by atoms with Crippen LogP contribution in [0.25, 0.3) is 11.3 Å². The van der Waals surface area contributed by atoms with E-state index in [4.69, 9.17) is 36.3 Å². The Bertz CT molecular complexity index is 1990. The summed E-state index contributed by atoms with van der Waals surface area (Å²) in [6.45, 7) is 7.41. The number of esters is 1. The van der Waals surface area contributed by atoms with Crippen LogP contribution < -0.4 is 30.2 Å². The molecule has 3 atom stereocenters. The lowest BCUT2D eigenvalue weighted by atomic mass is 9.90. The average Bonchev–Trinajstić information content (AvgIpc) is 3.78. The molecule has 18 nitrogen and oxygen atoms in total. The van der Waals surface area contributed by atoms with Crippen molar-refractivity contribution in [1.82, 2.24) is 21.0 Å². The zero-order valence-corrected chi connectivity index (χ0v) is 35.9. The van der Waals surface area contributed by atoms with Gasteiger partial charge in [0.2, 0.25) is 12.3 Å². The Hall–Kier alpha value is -6.53. The number of carbonyl (C=O) groups is 7. The van der Waals surface area contributed by atoms with Gasteiger partial charge in [0.25, 0.3) is 11.8 Å². The smallest absolute Gasteiger partial charge is 0.378 e. The summed E-state index contributed by atoms with van der Waals surface area (Å²) in [5.41, 5.74) is 0.549. The lowest BCUT2D eigenvalue weighted by molar-refractivity contribution is -0.171. The number of hydroxylamine groups is 2. The second-order valence-electron chi connectivity index (χ2n) is 13.8. The van der Waals surface area contributed by atoms with Gasteiger partial charge in [-0.15, -0.1) is 0 Å². The summed E-state index contributed by atoms with van der Waals surface area (Å²) in [4.78, 5) is 95.6. The number of unbranched alkanes of at least 4 members (excludes halogenated alkanes) is 3. The molecule has 19 heteroatoms. The third-order valence-corrected chi connectivity index (χ3v) is 9.57. The third-order valence-electron chi connectivity index (χ3n) is 9.57. The van der Waals surface area contributed by atoms with Crippen LogP contribution in [0.3, 0.4) is 0 Å². The Morgan fingerprint density at radius 1 is 0.839 bits per heavy atom. The van der Waals surface area contributed by atoms with Crippen LogP contribution in [0.15, 0.2) is 52.9 Å². The topological polar surface area (TPSA) is 227 Å². The van der Waals surface area contributed by atoms with Crippen molar-refractivity contribution in [1.29, 1.82) is 0 Å².